The van der Waals surface area contributed by atoms with Gasteiger partial charge in [0.05, 0.1) is 46.8 Å². The number of hydrogen-bond acceptors (Lipinski definition) is 12. The monoisotopic (exact) mass is 691 g/mol. The molecule has 2 N–H and O–H groups in total. The summed E-state index contributed by atoms with van der Waals surface area (Å²) in [6.07, 6.45) is 3.64. The van der Waals surface area contributed by atoms with Gasteiger partial charge in [0, 0.05) is 56.3 Å². The third-order valence-corrected chi connectivity index (χ3v) is 9.72. The summed E-state index contributed by atoms with van der Waals surface area (Å²) in [5.74, 6) is -1.77. The van der Waals surface area contributed by atoms with Crippen molar-refractivity contribution in [1.29, 1.82) is 0 Å². The highest BCUT2D eigenvalue weighted by molar-refractivity contribution is 7.21. The van der Waals surface area contributed by atoms with E-state index in [0.29, 0.717) is 19.0 Å². The highest BCUT2D eigenvalue weighted by Gasteiger charge is 2.47. The Morgan fingerprint density at radius 3 is 2.44 bits per heavy atom. The molecule has 3 aromatic heterocycles. The van der Waals surface area contributed by atoms with E-state index >= 15 is 0 Å². The minimum atomic E-state index is -1.10. The van der Waals surface area contributed by atoms with Crippen LogP contribution in [-0.4, -0.2) is 99.9 Å². The second-order valence-corrected chi connectivity index (χ2v) is 13.1. The van der Waals surface area contributed by atoms with Crippen molar-refractivity contribution >= 4 is 56.7 Å². The van der Waals surface area contributed by atoms with Gasteiger partial charge in [-0.2, -0.15) is 0 Å². The van der Waals surface area contributed by atoms with Crippen molar-refractivity contribution in [3.8, 4) is 27.6 Å². The van der Waals surface area contributed by atoms with Crippen LogP contribution >= 0.6 is 11.3 Å². The lowest BCUT2D eigenvalue weighted by atomic mass is 10.0. The van der Waals surface area contributed by atoms with Gasteiger partial charge < -0.3 is 20.1 Å². The predicted octanol–water partition coefficient (Wildman–Crippen LogP) is 4.43. The number of pyridine rings is 2. The maximum atomic E-state index is 13.2. The Kier molecular flexibility index (Phi) is 8.95. The molecule has 0 aliphatic carbocycles. The number of phenolic OH excluding ortho intramolecular Hbond substituents is 1. The van der Waals surface area contributed by atoms with Crippen LogP contribution in [0.15, 0.2) is 73.1 Å². The lowest BCUT2D eigenvalue weighted by Gasteiger charge is -2.34. The molecule has 1 fully saturated rings. The number of thiazole rings is 1. The number of ether oxygens (including phenoxy) is 1. The topological polar surface area (TPSA) is 158 Å². The molecule has 0 bridgehead atoms. The minimum Gasteiger partial charge on any atom is -0.508 e. The molecule has 4 amide bonds. The van der Waals surface area contributed by atoms with Crippen LogP contribution in [0.2, 0.25) is 0 Å². The standard InChI is InChI=1S/C36H33N7O6S/c1-41(2)23-5-9-27-30(17-23)50-33(40-27)28-8-3-21(19-38-28)22-4-11-31(39-20-22)37-13-15-49-16-14-42-32(45)12-10-29(36(42)48)43-34(46)25-7-6-24(44)18-26(25)35(43)47/h3-9,11,17-20,29,44H,10,12-16H2,1-2H3,(H,37,39). The predicted molar refractivity (Wildman–Crippen MR) is 188 cm³/mol. The van der Waals surface area contributed by atoms with Crippen LogP contribution < -0.4 is 10.2 Å². The van der Waals surface area contributed by atoms with Gasteiger partial charge in [-0.1, -0.05) is 6.07 Å². The number of hydrogen-bond donors (Lipinski definition) is 2. The zero-order valence-electron chi connectivity index (χ0n) is 27.3. The molecule has 1 saturated heterocycles. The van der Waals surface area contributed by atoms with Crippen molar-refractivity contribution in [2.45, 2.75) is 18.9 Å². The van der Waals surface area contributed by atoms with E-state index in [1.54, 1.807) is 17.5 Å². The Morgan fingerprint density at radius 2 is 1.70 bits per heavy atom. The molecule has 7 rings (SSSR count). The number of aromatic nitrogens is 3. The van der Waals surface area contributed by atoms with Crippen molar-refractivity contribution in [3.05, 3.63) is 84.2 Å². The van der Waals surface area contributed by atoms with Gasteiger partial charge >= 0.3 is 0 Å². The Balaban J connectivity index is 0.874. The molecular weight excluding hydrogens is 659 g/mol. The second-order valence-electron chi connectivity index (χ2n) is 12.1. The number of aromatic hydroxyl groups is 1. The Hall–Kier alpha value is -5.73. The zero-order valence-corrected chi connectivity index (χ0v) is 28.1. The summed E-state index contributed by atoms with van der Waals surface area (Å²) in [6, 6.07) is 16.8. The molecular formula is C36H33N7O6S. The fraction of sp³-hybridized carbons (Fsp3) is 0.250. The smallest absolute Gasteiger partial charge is 0.262 e. The van der Waals surface area contributed by atoms with Crippen molar-refractivity contribution in [3.63, 3.8) is 0 Å². The Bertz CT molecular complexity index is 2120. The largest absolute Gasteiger partial charge is 0.508 e. The Morgan fingerprint density at radius 1 is 0.920 bits per heavy atom. The quantitative estimate of drug-likeness (QED) is 0.149. The molecule has 0 spiro atoms. The van der Waals surface area contributed by atoms with Gasteiger partial charge in [0.1, 0.15) is 22.6 Å². The minimum absolute atomic E-state index is 0.00570. The van der Waals surface area contributed by atoms with Crippen LogP contribution in [0.3, 0.4) is 0 Å². The number of amides is 4. The molecule has 5 heterocycles. The molecule has 50 heavy (non-hydrogen) atoms. The SMILES string of the molecule is CN(C)c1ccc2nc(-c3ccc(-c4ccc(NCCOCCN5C(=O)CCC(N6C(=O)c7ccc(O)cc7C6=O)C5=O)nc4)cn3)sc2c1. The van der Waals surface area contributed by atoms with Gasteiger partial charge in [-0.05, 0) is 61.0 Å². The fourth-order valence-corrected chi connectivity index (χ4v) is 6.97. The molecule has 0 radical (unpaired) electrons. The first kappa shape index (κ1) is 32.8. The van der Waals surface area contributed by atoms with E-state index in [1.165, 1.54) is 18.2 Å². The number of carbonyl (C=O) groups excluding carboxylic acids is 4. The summed E-state index contributed by atoms with van der Waals surface area (Å²) in [5, 5.41) is 13.8. The van der Waals surface area contributed by atoms with E-state index < -0.39 is 23.8 Å². The summed E-state index contributed by atoms with van der Waals surface area (Å²) >= 11 is 1.61. The lowest BCUT2D eigenvalue weighted by Crippen LogP contribution is -2.56. The van der Waals surface area contributed by atoms with Crippen LogP contribution in [-0.2, 0) is 14.3 Å². The zero-order chi connectivity index (χ0) is 34.9. The number of nitrogens with zero attached hydrogens (tertiary/aromatic N) is 6. The molecule has 2 aliphatic heterocycles. The van der Waals surface area contributed by atoms with E-state index in [1.807, 2.05) is 50.6 Å². The number of benzene rings is 2. The first-order valence-electron chi connectivity index (χ1n) is 16.1. The van der Waals surface area contributed by atoms with Crippen molar-refractivity contribution in [2.24, 2.45) is 0 Å². The molecule has 0 saturated carbocycles. The first-order chi connectivity index (χ1) is 24.2. The maximum Gasteiger partial charge on any atom is 0.262 e. The van der Waals surface area contributed by atoms with Crippen LogP contribution in [0.1, 0.15) is 33.6 Å². The number of likely N-dealkylation sites (tertiary alicyclic amines) is 1. The molecule has 5 aromatic rings. The van der Waals surface area contributed by atoms with Crippen molar-refractivity contribution < 1.29 is 29.0 Å². The molecule has 254 valence electrons. The van der Waals surface area contributed by atoms with E-state index in [9.17, 15) is 24.3 Å². The molecule has 13 nitrogen and oxygen atoms in total. The number of piperidine rings is 1. The maximum absolute atomic E-state index is 13.2. The molecule has 2 aliphatic rings. The van der Waals surface area contributed by atoms with Gasteiger partial charge in [-0.3, -0.25) is 34.0 Å². The number of phenols is 1. The highest BCUT2D eigenvalue weighted by Crippen LogP contribution is 2.33. The van der Waals surface area contributed by atoms with Gasteiger partial charge in [0.25, 0.3) is 17.7 Å². The van der Waals surface area contributed by atoms with Crippen LogP contribution in [0, 0.1) is 0 Å². The average Bonchev–Trinajstić information content (AvgIpc) is 3.65. The van der Waals surface area contributed by atoms with Crippen LogP contribution in [0.4, 0.5) is 11.5 Å². The summed E-state index contributed by atoms with van der Waals surface area (Å²) in [7, 11) is 4.03. The number of nitrogens with one attached hydrogen (secondary N) is 1. The van der Waals surface area contributed by atoms with Crippen molar-refractivity contribution in [1.82, 2.24) is 24.8 Å². The van der Waals surface area contributed by atoms with Crippen LogP contribution in [0.25, 0.3) is 32.0 Å². The molecule has 1 unspecified atom stereocenters. The van der Waals surface area contributed by atoms with Gasteiger partial charge in [0.15, 0.2) is 0 Å². The third kappa shape index (κ3) is 6.37. The number of fused-ring (bicyclic) bond motifs is 2. The number of imide groups is 2. The lowest BCUT2D eigenvalue weighted by molar-refractivity contribution is -0.152. The second kappa shape index (κ2) is 13.6. The van der Waals surface area contributed by atoms with Crippen molar-refractivity contribution in [2.75, 3.05) is 50.6 Å². The highest BCUT2D eigenvalue weighted by atomic mass is 32.1. The van der Waals surface area contributed by atoms with E-state index in [4.69, 9.17) is 9.72 Å². The average molecular weight is 692 g/mol. The summed E-state index contributed by atoms with van der Waals surface area (Å²) in [4.78, 5) is 69.6. The van der Waals surface area contributed by atoms with E-state index in [-0.39, 0.29) is 48.8 Å². The summed E-state index contributed by atoms with van der Waals surface area (Å²) in [6.45, 7) is 0.811. The molecule has 1 atom stereocenters. The van der Waals surface area contributed by atoms with Gasteiger partial charge in [-0.15, -0.1) is 11.3 Å². The number of rotatable bonds is 11. The fourth-order valence-electron chi connectivity index (χ4n) is 6.00. The molecule has 14 heteroatoms. The third-order valence-electron chi connectivity index (χ3n) is 8.68. The normalized spacial score (nSPS) is 16.0. The number of anilines is 2. The van der Waals surface area contributed by atoms with Gasteiger partial charge in [0.2, 0.25) is 5.91 Å². The van der Waals surface area contributed by atoms with E-state index in [2.05, 4.69) is 32.3 Å². The molecule has 2 aromatic carbocycles. The first-order valence-corrected chi connectivity index (χ1v) is 16.9. The van der Waals surface area contributed by atoms with Crippen LogP contribution in [0.5, 0.6) is 5.75 Å². The Labute approximate surface area is 291 Å². The summed E-state index contributed by atoms with van der Waals surface area (Å²) in [5.41, 5.74) is 4.89. The summed E-state index contributed by atoms with van der Waals surface area (Å²) < 4.78 is 6.78. The van der Waals surface area contributed by atoms with Gasteiger partial charge in [-0.25, -0.2) is 9.97 Å². The number of carbonyl (C=O) groups is 4. The van der Waals surface area contributed by atoms with E-state index in [0.717, 1.165) is 47.5 Å².